The van der Waals surface area contributed by atoms with E-state index in [2.05, 4.69) is 19.2 Å². The number of carbonyl (C=O) groups is 2. The van der Waals surface area contributed by atoms with E-state index in [1.807, 2.05) is 0 Å². The normalized spacial score (nSPS) is 27.1. The Morgan fingerprint density at radius 1 is 1.22 bits per heavy atom. The highest BCUT2D eigenvalue weighted by atomic mass is 32.2. The molecule has 0 unspecified atom stereocenters. The maximum Gasteiger partial charge on any atom is 0.243 e. The summed E-state index contributed by atoms with van der Waals surface area (Å²) < 4.78 is 32.9. The summed E-state index contributed by atoms with van der Waals surface area (Å²) in [4.78, 5) is 27.9. The first-order valence-electron chi connectivity index (χ1n) is 11.2. The molecule has 3 aliphatic rings. The van der Waals surface area contributed by atoms with Crippen molar-refractivity contribution in [2.75, 3.05) is 43.5 Å². The van der Waals surface area contributed by atoms with Crippen molar-refractivity contribution in [1.29, 1.82) is 0 Å². The lowest BCUT2D eigenvalue weighted by atomic mass is 9.78. The molecule has 0 aromatic heterocycles. The zero-order valence-electron chi connectivity index (χ0n) is 18.6. The highest BCUT2D eigenvalue weighted by Gasteiger charge is 2.33. The molecule has 0 radical (unpaired) electrons. The van der Waals surface area contributed by atoms with Crippen LogP contribution in [-0.4, -0.2) is 69.2 Å². The van der Waals surface area contributed by atoms with Gasteiger partial charge in [-0.3, -0.25) is 9.59 Å². The first kappa shape index (κ1) is 23.5. The Morgan fingerprint density at radius 2 is 1.97 bits per heavy atom. The van der Waals surface area contributed by atoms with E-state index in [4.69, 9.17) is 4.74 Å². The summed E-state index contributed by atoms with van der Waals surface area (Å²) in [6.45, 7) is 5.60. The Labute approximate surface area is 194 Å². The van der Waals surface area contributed by atoms with Crippen molar-refractivity contribution in [2.24, 2.45) is 11.8 Å². The van der Waals surface area contributed by atoms with Crippen LogP contribution in [0.3, 0.4) is 0 Å². The fourth-order valence-corrected chi connectivity index (χ4v) is 6.98. The van der Waals surface area contributed by atoms with Crippen LogP contribution in [-0.2, 0) is 24.3 Å². The third-order valence-corrected chi connectivity index (χ3v) is 9.78. The smallest absolute Gasteiger partial charge is 0.243 e. The Bertz CT molecular complexity index is 978. The summed E-state index contributed by atoms with van der Waals surface area (Å²) in [5, 5.41) is 3.11. The van der Waals surface area contributed by atoms with Gasteiger partial charge >= 0.3 is 0 Å². The number of ether oxygens (including phenoxy) is 1. The summed E-state index contributed by atoms with van der Waals surface area (Å²) in [5.41, 5.74) is 0.487. The number of nitrogens with zero attached hydrogens (tertiary/aromatic N) is 2. The molecule has 0 spiro atoms. The fraction of sp³-hybridized carbons (Fsp3) is 0.636. The molecule has 1 saturated heterocycles. The van der Waals surface area contributed by atoms with Gasteiger partial charge in [-0.05, 0) is 36.5 Å². The van der Waals surface area contributed by atoms with Crippen LogP contribution in [0.25, 0.3) is 0 Å². The van der Waals surface area contributed by atoms with Crippen LogP contribution in [0.4, 0.5) is 5.69 Å². The lowest BCUT2D eigenvalue weighted by Gasteiger charge is -2.35. The highest BCUT2D eigenvalue weighted by Crippen LogP contribution is 2.37. The molecule has 2 heterocycles. The second kappa shape index (κ2) is 9.70. The van der Waals surface area contributed by atoms with E-state index in [1.54, 1.807) is 12.1 Å². The van der Waals surface area contributed by atoms with Crippen LogP contribution in [0.5, 0.6) is 0 Å². The van der Waals surface area contributed by atoms with Crippen LogP contribution in [0.2, 0.25) is 0 Å². The number of nitrogens with one attached hydrogen (secondary N) is 1. The van der Waals surface area contributed by atoms with Gasteiger partial charge in [-0.2, -0.15) is 4.31 Å². The standard InChI is InChI=1S/C22H31N3O5S2/c1-15-4-3-5-18(16(15)2)23-21(26)13-25-19-12-17(6-7-20(19)31-14-22(25)27)32(28,29)24-8-10-30-11-9-24/h6-7,12,15-16,18H,3-5,8-11,13-14H2,1-2H3,(H,23,26)/t15-,16-,18+/m1/s1. The number of morpholine rings is 1. The maximum absolute atomic E-state index is 13.1. The molecule has 2 fully saturated rings. The van der Waals surface area contributed by atoms with Crippen molar-refractivity contribution in [3.63, 3.8) is 0 Å². The van der Waals surface area contributed by atoms with E-state index >= 15 is 0 Å². The zero-order chi connectivity index (χ0) is 22.9. The van der Waals surface area contributed by atoms with E-state index in [9.17, 15) is 18.0 Å². The van der Waals surface area contributed by atoms with E-state index in [1.165, 1.54) is 33.5 Å². The number of amides is 2. The number of thioether (sulfide) groups is 1. The average molecular weight is 482 g/mol. The number of rotatable bonds is 5. The van der Waals surface area contributed by atoms with Crippen LogP contribution < -0.4 is 10.2 Å². The van der Waals surface area contributed by atoms with Gasteiger partial charge in [0, 0.05) is 24.0 Å². The molecule has 1 N–H and O–H groups in total. The van der Waals surface area contributed by atoms with Crippen LogP contribution in [0.1, 0.15) is 33.1 Å². The van der Waals surface area contributed by atoms with Crippen LogP contribution in [0, 0.1) is 11.8 Å². The van der Waals surface area contributed by atoms with Crippen molar-refractivity contribution in [3.05, 3.63) is 18.2 Å². The maximum atomic E-state index is 13.1. The molecule has 2 aliphatic heterocycles. The Hall–Kier alpha value is -1.62. The third-order valence-electron chi connectivity index (χ3n) is 6.84. The van der Waals surface area contributed by atoms with Crippen LogP contribution >= 0.6 is 11.8 Å². The molecule has 10 heteroatoms. The molecule has 0 bridgehead atoms. The Morgan fingerprint density at radius 3 is 2.72 bits per heavy atom. The molecule has 32 heavy (non-hydrogen) atoms. The number of sulfonamides is 1. The van der Waals surface area contributed by atoms with Gasteiger partial charge in [0.25, 0.3) is 0 Å². The van der Waals surface area contributed by atoms with E-state index in [0.29, 0.717) is 43.8 Å². The molecule has 176 valence electrons. The van der Waals surface area contributed by atoms with Gasteiger partial charge < -0.3 is 15.0 Å². The number of hydrogen-bond acceptors (Lipinski definition) is 6. The summed E-state index contributed by atoms with van der Waals surface area (Å²) in [5.74, 6) is 0.771. The first-order valence-corrected chi connectivity index (χ1v) is 13.6. The quantitative estimate of drug-likeness (QED) is 0.692. The third kappa shape index (κ3) is 4.83. The summed E-state index contributed by atoms with van der Waals surface area (Å²) >= 11 is 1.37. The number of hydrogen-bond donors (Lipinski definition) is 1. The molecule has 2 amide bonds. The summed E-state index contributed by atoms with van der Waals surface area (Å²) in [6, 6.07) is 4.95. The number of anilines is 1. The Kier molecular flexibility index (Phi) is 7.14. The molecular weight excluding hydrogens is 450 g/mol. The average Bonchev–Trinajstić information content (AvgIpc) is 2.79. The van der Waals surface area contributed by atoms with Gasteiger partial charge in [-0.25, -0.2) is 8.42 Å². The second-order valence-electron chi connectivity index (χ2n) is 8.86. The van der Waals surface area contributed by atoms with Gasteiger partial charge in [0.2, 0.25) is 21.8 Å². The second-order valence-corrected chi connectivity index (χ2v) is 11.8. The molecule has 1 aromatic rings. The van der Waals surface area contributed by atoms with E-state index in [-0.39, 0.29) is 35.0 Å². The topological polar surface area (TPSA) is 96.0 Å². The lowest BCUT2D eigenvalue weighted by molar-refractivity contribution is -0.124. The van der Waals surface area contributed by atoms with Gasteiger partial charge in [0.1, 0.15) is 6.54 Å². The van der Waals surface area contributed by atoms with E-state index in [0.717, 1.165) is 17.7 Å². The lowest BCUT2D eigenvalue weighted by Crippen LogP contribution is -2.49. The van der Waals surface area contributed by atoms with Crippen molar-refractivity contribution in [3.8, 4) is 0 Å². The van der Waals surface area contributed by atoms with Crippen molar-refractivity contribution in [2.45, 2.75) is 48.9 Å². The monoisotopic (exact) mass is 481 g/mol. The minimum Gasteiger partial charge on any atom is -0.379 e. The van der Waals surface area contributed by atoms with Gasteiger partial charge in [0.05, 0.1) is 29.5 Å². The van der Waals surface area contributed by atoms with Crippen molar-refractivity contribution in [1.82, 2.24) is 9.62 Å². The van der Waals surface area contributed by atoms with Crippen molar-refractivity contribution < 1.29 is 22.7 Å². The van der Waals surface area contributed by atoms with Gasteiger partial charge in [0.15, 0.2) is 0 Å². The summed E-state index contributed by atoms with van der Waals surface area (Å²) in [6.07, 6.45) is 3.20. The number of fused-ring (bicyclic) bond motifs is 1. The first-order chi connectivity index (χ1) is 15.3. The minimum absolute atomic E-state index is 0.105. The minimum atomic E-state index is -3.70. The number of benzene rings is 1. The predicted octanol–water partition coefficient (Wildman–Crippen LogP) is 2.09. The highest BCUT2D eigenvalue weighted by molar-refractivity contribution is 8.00. The van der Waals surface area contributed by atoms with Crippen LogP contribution in [0.15, 0.2) is 28.0 Å². The molecular formula is C22H31N3O5S2. The SMILES string of the molecule is C[C@@H]1[C@H](C)CCC[C@@H]1NC(=O)CN1C(=O)CSc2ccc(S(=O)(=O)N3CCOCC3)cc21. The fourth-order valence-electron chi connectivity index (χ4n) is 4.63. The molecule has 1 saturated carbocycles. The Balaban J connectivity index is 1.54. The number of carbonyl (C=O) groups excluding carboxylic acids is 2. The van der Waals surface area contributed by atoms with Gasteiger partial charge in [-0.1, -0.05) is 26.7 Å². The molecule has 3 atom stereocenters. The predicted molar refractivity (Wildman–Crippen MR) is 123 cm³/mol. The molecule has 1 aromatic carbocycles. The molecule has 4 rings (SSSR count). The largest absolute Gasteiger partial charge is 0.379 e. The zero-order valence-corrected chi connectivity index (χ0v) is 20.2. The van der Waals surface area contributed by atoms with Gasteiger partial charge in [-0.15, -0.1) is 11.8 Å². The molecule has 1 aliphatic carbocycles. The summed E-state index contributed by atoms with van der Waals surface area (Å²) in [7, 11) is -3.70. The van der Waals surface area contributed by atoms with E-state index < -0.39 is 10.0 Å². The van der Waals surface area contributed by atoms with Crippen molar-refractivity contribution >= 4 is 39.3 Å². The molecule has 8 nitrogen and oxygen atoms in total.